The number of allylic oxidation sites excluding steroid dienone is 1. The van der Waals surface area contributed by atoms with E-state index in [4.69, 9.17) is 9.84 Å². The second-order valence-electron chi connectivity index (χ2n) is 2.55. The number of ether oxygens (including phenoxy) is 1. The van der Waals surface area contributed by atoms with Crippen molar-refractivity contribution in [3.63, 3.8) is 0 Å². The van der Waals surface area contributed by atoms with Crippen molar-refractivity contribution in [2.75, 3.05) is 6.61 Å². The molecule has 1 unspecified atom stereocenters. The average Bonchev–Trinajstić information content (AvgIpc) is 2.40. The maximum atomic E-state index is 10.6. The van der Waals surface area contributed by atoms with Gasteiger partial charge in [-0.05, 0) is 19.8 Å². The highest BCUT2D eigenvalue weighted by molar-refractivity contribution is 5.87. The number of carboxylic acid groups (broad SMARTS) is 1. The minimum atomic E-state index is -0.862. The van der Waals surface area contributed by atoms with E-state index in [1.807, 2.05) is 0 Å². The van der Waals surface area contributed by atoms with Crippen LogP contribution in [0.5, 0.6) is 0 Å². The normalized spacial score (nSPS) is 25.5. The summed E-state index contributed by atoms with van der Waals surface area (Å²) in [6.45, 7) is 2.42. The lowest BCUT2D eigenvalue weighted by molar-refractivity contribution is -0.133. The van der Waals surface area contributed by atoms with E-state index in [0.29, 0.717) is 12.2 Å². The highest BCUT2D eigenvalue weighted by Gasteiger charge is 2.23. The van der Waals surface area contributed by atoms with Gasteiger partial charge in [0.25, 0.3) is 0 Å². The van der Waals surface area contributed by atoms with Crippen LogP contribution in [0.2, 0.25) is 0 Å². The van der Waals surface area contributed by atoms with Crippen molar-refractivity contribution in [3.8, 4) is 0 Å². The van der Waals surface area contributed by atoms with Crippen LogP contribution >= 0.6 is 0 Å². The Morgan fingerprint density at radius 1 is 1.73 bits per heavy atom. The van der Waals surface area contributed by atoms with Gasteiger partial charge in [0.2, 0.25) is 0 Å². The molecule has 1 fully saturated rings. The Kier molecular flexibility index (Phi) is 2.65. The van der Waals surface area contributed by atoms with E-state index < -0.39 is 5.97 Å². The molecule has 3 heteroatoms. The van der Waals surface area contributed by atoms with Gasteiger partial charge in [-0.15, -0.1) is 0 Å². The van der Waals surface area contributed by atoms with Crippen LogP contribution < -0.4 is 0 Å². The lowest BCUT2D eigenvalue weighted by atomic mass is 10.1. The molecular formula is C8H12O3. The van der Waals surface area contributed by atoms with Crippen molar-refractivity contribution in [3.05, 3.63) is 11.6 Å². The zero-order valence-electron chi connectivity index (χ0n) is 6.54. The monoisotopic (exact) mass is 156 g/mol. The van der Waals surface area contributed by atoms with Crippen LogP contribution in [-0.4, -0.2) is 23.8 Å². The smallest absolute Gasteiger partial charge is 0.333 e. The van der Waals surface area contributed by atoms with Gasteiger partial charge in [0, 0.05) is 6.61 Å². The summed E-state index contributed by atoms with van der Waals surface area (Å²) in [5.41, 5.74) is 0.391. The van der Waals surface area contributed by atoms with E-state index in [1.165, 1.54) is 0 Å². The summed E-state index contributed by atoms with van der Waals surface area (Å²) in [5, 5.41) is 8.69. The highest BCUT2D eigenvalue weighted by Crippen LogP contribution is 2.19. The predicted molar refractivity (Wildman–Crippen MR) is 40.4 cm³/mol. The predicted octanol–water partition coefficient (Wildman–Crippen LogP) is 1.20. The molecule has 1 aliphatic heterocycles. The van der Waals surface area contributed by atoms with Crippen LogP contribution in [0, 0.1) is 0 Å². The zero-order valence-corrected chi connectivity index (χ0v) is 6.54. The minimum Gasteiger partial charge on any atom is -0.478 e. The SMILES string of the molecule is CC=C(C(=O)O)C1CCCO1. The van der Waals surface area contributed by atoms with Gasteiger partial charge in [-0.25, -0.2) is 4.79 Å². The number of hydrogen-bond acceptors (Lipinski definition) is 2. The first-order valence-electron chi connectivity index (χ1n) is 3.77. The van der Waals surface area contributed by atoms with Gasteiger partial charge in [-0.2, -0.15) is 0 Å². The van der Waals surface area contributed by atoms with Crippen LogP contribution in [-0.2, 0) is 9.53 Å². The molecule has 1 rings (SSSR count). The highest BCUT2D eigenvalue weighted by atomic mass is 16.5. The third-order valence-corrected chi connectivity index (χ3v) is 1.83. The molecule has 62 valence electrons. The van der Waals surface area contributed by atoms with Crippen LogP contribution in [0.25, 0.3) is 0 Å². The summed E-state index contributed by atoms with van der Waals surface area (Å²) >= 11 is 0. The summed E-state index contributed by atoms with van der Waals surface area (Å²) < 4.78 is 5.22. The molecule has 3 nitrogen and oxygen atoms in total. The van der Waals surface area contributed by atoms with Crippen molar-refractivity contribution in [2.45, 2.75) is 25.9 Å². The first-order valence-corrected chi connectivity index (χ1v) is 3.77. The Morgan fingerprint density at radius 3 is 2.82 bits per heavy atom. The number of rotatable bonds is 2. The van der Waals surface area contributed by atoms with Crippen LogP contribution in [0.3, 0.4) is 0 Å². The lowest BCUT2D eigenvalue weighted by Crippen LogP contribution is -2.16. The zero-order chi connectivity index (χ0) is 8.27. The van der Waals surface area contributed by atoms with E-state index in [2.05, 4.69) is 0 Å². The molecule has 0 aliphatic carbocycles. The second-order valence-corrected chi connectivity index (χ2v) is 2.55. The van der Waals surface area contributed by atoms with E-state index in [1.54, 1.807) is 13.0 Å². The van der Waals surface area contributed by atoms with Gasteiger partial charge < -0.3 is 9.84 Å². The number of carboxylic acids is 1. The quantitative estimate of drug-likeness (QED) is 0.611. The van der Waals surface area contributed by atoms with Crippen LogP contribution in [0.1, 0.15) is 19.8 Å². The van der Waals surface area contributed by atoms with Gasteiger partial charge in [-0.1, -0.05) is 6.08 Å². The first kappa shape index (κ1) is 8.27. The summed E-state index contributed by atoms with van der Waals surface area (Å²) in [4.78, 5) is 10.6. The fourth-order valence-corrected chi connectivity index (χ4v) is 1.27. The molecule has 1 atom stereocenters. The maximum Gasteiger partial charge on any atom is 0.333 e. The number of carbonyl (C=O) groups is 1. The van der Waals surface area contributed by atoms with Crippen molar-refractivity contribution in [1.29, 1.82) is 0 Å². The van der Waals surface area contributed by atoms with Crippen molar-refractivity contribution < 1.29 is 14.6 Å². The van der Waals surface area contributed by atoms with Crippen molar-refractivity contribution in [1.82, 2.24) is 0 Å². The van der Waals surface area contributed by atoms with E-state index in [-0.39, 0.29) is 6.10 Å². The minimum absolute atomic E-state index is 0.169. The summed E-state index contributed by atoms with van der Waals surface area (Å²) in [6, 6.07) is 0. The molecule has 1 N–H and O–H groups in total. The molecule has 11 heavy (non-hydrogen) atoms. The van der Waals surface area contributed by atoms with Crippen molar-refractivity contribution >= 4 is 5.97 Å². The lowest BCUT2D eigenvalue weighted by Gasteiger charge is -2.08. The fraction of sp³-hybridized carbons (Fsp3) is 0.625. The Hall–Kier alpha value is -0.830. The van der Waals surface area contributed by atoms with Gasteiger partial charge in [0.15, 0.2) is 0 Å². The van der Waals surface area contributed by atoms with Crippen LogP contribution in [0.15, 0.2) is 11.6 Å². The standard InChI is InChI=1S/C8H12O3/c1-2-6(8(9)10)7-4-3-5-11-7/h2,7H,3-5H2,1H3,(H,9,10). The third-order valence-electron chi connectivity index (χ3n) is 1.83. The third kappa shape index (κ3) is 1.80. The molecule has 1 heterocycles. The molecule has 0 spiro atoms. The molecule has 0 bridgehead atoms. The number of aliphatic carboxylic acids is 1. The van der Waals surface area contributed by atoms with Crippen molar-refractivity contribution in [2.24, 2.45) is 0 Å². The van der Waals surface area contributed by atoms with Gasteiger partial charge in [-0.3, -0.25) is 0 Å². The maximum absolute atomic E-state index is 10.6. The molecule has 0 aromatic carbocycles. The summed E-state index contributed by atoms with van der Waals surface area (Å²) in [5.74, 6) is -0.862. The summed E-state index contributed by atoms with van der Waals surface area (Å²) in [6.07, 6.45) is 3.25. The Morgan fingerprint density at radius 2 is 2.45 bits per heavy atom. The molecule has 1 saturated heterocycles. The van der Waals surface area contributed by atoms with E-state index >= 15 is 0 Å². The topological polar surface area (TPSA) is 46.5 Å². The molecule has 0 radical (unpaired) electrons. The summed E-state index contributed by atoms with van der Waals surface area (Å²) in [7, 11) is 0. The molecule has 0 aromatic heterocycles. The second kappa shape index (κ2) is 3.53. The van der Waals surface area contributed by atoms with Gasteiger partial charge in [0.05, 0.1) is 11.7 Å². The largest absolute Gasteiger partial charge is 0.478 e. The Bertz CT molecular complexity index is 178. The van der Waals surface area contributed by atoms with Crippen LogP contribution in [0.4, 0.5) is 0 Å². The molecule has 0 aromatic rings. The molecule has 0 amide bonds. The van der Waals surface area contributed by atoms with E-state index in [0.717, 1.165) is 12.8 Å². The Balaban J connectivity index is 2.62. The number of hydrogen-bond donors (Lipinski definition) is 1. The van der Waals surface area contributed by atoms with Gasteiger partial charge >= 0.3 is 5.97 Å². The van der Waals surface area contributed by atoms with E-state index in [9.17, 15) is 4.79 Å². The molecule has 1 aliphatic rings. The molecular weight excluding hydrogens is 144 g/mol. The average molecular weight is 156 g/mol. The van der Waals surface area contributed by atoms with Gasteiger partial charge in [0.1, 0.15) is 0 Å². The fourth-order valence-electron chi connectivity index (χ4n) is 1.27. The Labute approximate surface area is 65.7 Å². The first-order chi connectivity index (χ1) is 5.25. The molecule has 0 saturated carbocycles.